The number of hydrogen-bond acceptors (Lipinski definition) is 10. The summed E-state index contributed by atoms with van der Waals surface area (Å²) >= 11 is 1.50. The highest BCUT2D eigenvalue weighted by Crippen LogP contribution is 2.55. The number of primary amides is 1. The van der Waals surface area contributed by atoms with Crippen molar-refractivity contribution in [1.29, 1.82) is 0 Å². The first kappa shape index (κ1) is 28.2. The number of nitrogens with two attached hydrogens (primary N) is 1. The number of hydrogen-bond donors (Lipinski definition) is 4. The Morgan fingerprint density at radius 3 is 2.33 bits per heavy atom. The van der Waals surface area contributed by atoms with Crippen molar-refractivity contribution in [2.75, 3.05) is 19.8 Å². The summed E-state index contributed by atoms with van der Waals surface area (Å²) in [6, 6.07) is 12.7. The summed E-state index contributed by atoms with van der Waals surface area (Å²) < 4.78 is 0. The number of aliphatic hydroxyl groups excluding tert-OH is 1. The Hall–Kier alpha value is -3.38. The van der Waals surface area contributed by atoms with Gasteiger partial charge in [0.05, 0.1) is 29.5 Å². The Kier molecular flexibility index (Phi) is 7.20. The van der Waals surface area contributed by atoms with Gasteiger partial charge < -0.3 is 21.1 Å². The Morgan fingerprint density at radius 1 is 1.02 bits per heavy atom. The molecule has 11 heteroatoms. The topological polar surface area (TPSA) is 175 Å². The number of nitrogens with zero attached hydrogens (tertiary/aromatic N) is 1. The highest BCUT2D eigenvalue weighted by Gasteiger charge is 2.73. The Bertz CT molecular complexity index is 1410. The molecule has 2 fully saturated rings. The van der Waals surface area contributed by atoms with Crippen molar-refractivity contribution >= 4 is 40.8 Å². The number of carbonyl (C=O) groups is 5. The molecule has 2 aromatic rings. The van der Waals surface area contributed by atoms with Gasteiger partial charge in [0, 0.05) is 23.3 Å². The van der Waals surface area contributed by atoms with Crippen molar-refractivity contribution < 1.29 is 39.3 Å². The molecule has 2 unspecified atom stereocenters. The van der Waals surface area contributed by atoms with E-state index >= 15 is 0 Å². The van der Waals surface area contributed by atoms with Crippen LogP contribution in [0.3, 0.4) is 0 Å². The number of aliphatic hydroxyl groups is 2. The fourth-order valence-electron chi connectivity index (χ4n) is 6.84. The molecule has 0 bridgehead atoms. The molecule has 3 aliphatic rings. The predicted molar refractivity (Wildman–Crippen MR) is 144 cm³/mol. The van der Waals surface area contributed by atoms with Gasteiger partial charge in [-0.15, -0.1) is 0 Å². The first-order valence-corrected chi connectivity index (χ1v) is 14.0. The van der Waals surface area contributed by atoms with Crippen LogP contribution < -0.4 is 5.73 Å². The molecule has 3 aliphatic carbocycles. The maximum atomic E-state index is 14.1. The standard InChI is InChI=1S/C29H30N2O8S/c1-31(2)22-21-24(34)18-15(12-40-11-13-7-4-3-5-8-13)14-9-6-10-16(32)17(14)23(33)19(18)26(36)29(21,39)27(37)20(25(22)35)28(30)38/h3-10,15,18-22,24,32,34,39H,11-12H2,1-2H3,(H2,30,38)/t15-,18+,19?,20?,21+,22-,24-,29-/m0/s1. The second-order valence-electron chi connectivity index (χ2n) is 10.9. The molecular weight excluding hydrogens is 536 g/mol. The van der Waals surface area contributed by atoms with Crippen LogP contribution >= 0.6 is 11.8 Å². The van der Waals surface area contributed by atoms with Gasteiger partial charge in [0.2, 0.25) is 5.91 Å². The SMILES string of the molecule is CN(C)[C@@H]1C(=O)C(C(N)=O)C(=O)[C@@]2(O)C(=O)C3C(=O)c4c(O)cccc4[C@H](CSCc4ccccc4)[C@H]3[C@H](O)[C@@H]12. The molecular formula is C29H30N2O8S. The maximum absolute atomic E-state index is 14.1. The van der Waals surface area contributed by atoms with Crippen molar-refractivity contribution in [3.8, 4) is 5.75 Å². The highest BCUT2D eigenvalue weighted by molar-refractivity contribution is 7.98. The van der Waals surface area contributed by atoms with Crippen LogP contribution in [-0.2, 0) is 24.9 Å². The monoisotopic (exact) mass is 566 g/mol. The molecule has 1 amide bonds. The highest BCUT2D eigenvalue weighted by atomic mass is 32.2. The third-order valence-electron chi connectivity index (χ3n) is 8.56. The molecule has 0 spiro atoms. The number of phenolic OH excluding ortho intramolecular Hbond substituents is 1. The van der Waals surface area contributed by atoms with E-state index in [4.69, 9.17) is 5.73 Å². The molecule has 0 aromatic heterocycles. The summed E-state index contributed by atoms with van der Waals surface area (Å²) in [7, 11) is 2.93. The fourth-order valence-corrected chi connectivity index (χ4v) is 8.05. The van der Waals surface area contributed by atoms with Gasteiger partial charge in [-0.2, -0.15) is 11.8 Å². The molecule has 10 nitrogen and oxygen atoms in total. The molecule has 0 heterocycles. The number of likely N-dealkylation sites (N-methyl/N-ethyl adjacent to an activating group) is 1. The number of benzene rings is 2. The number of thioether (sulfide) groups is 1. The van der Waals surface area contributed by atoms with E-state index in [0.29, 0.717) is 17.1 Å². The van der Waals surface area contributed by atoms with Crippen molar-refractivity contribution in [2.24, 2.45) is 29.4 Å². The lowest BCUT2D eigenvalue weighted by atomic mass is 9.49. The Labute approximate surface area is 234 Å². The lowest BCUT2D eigenvalue weighted by Crippen LogP contribution is -2.77. The van der Waals surface area contributed by atoms with Gasteiger partial charge in [-0.3, -0.25) is 28.9 Å². The van der Waals surface area contributed by atoms with Crippen LogP contribution in [0.1, 0.15) is 27.4 Å². The van der Waals surface area contributed by atoms with E-state index in [9.17, 15) is 39.3 Å². The third-order valence-corrected chi connectivity index (χ3v) is 9.69. The molecule has 0 saturated heterocycles. The summed E-state index contributed by atoms with van der Waals surface area (Å²) in [5.41, 5.74) is 3.71. The van der Waals surface area contributed by atoms with E-state index in [2.05, 4.69) is 0 Å². The van der Waals surface area contributed by atoms with Crippen LogP contribution in [-0.4, -0.2) is 86.9 Å². The zero-order valence-electron chi connectivity index (χ0n) is 21.9. The van der Waals surface area contributed by atoms with Gasteiger partial charge in [-0.1, -0.05) is 42.5 Å². The molecule has 8 atom stereocenters. The van der Waals surface area contributed by atoms with Crippen LogP contribution in [0.25, 0.3) is 0 Å². The predicted octanol–water partition coefficient (Wildman–Crippen LogP) is 0.312. The molecule has 0 radical (unpaired) electrons. The normalized spacial score (nSPS) is 33.4. The van der Waals surface area contributed by atoms with E-state index in [-0.39, 0.29) is 11.3 Å². The first-order chi connectivity index (χ1) is 18.9. The van der Waals surface area contributed by atoms with Gasteiger partial charge in [0.1, 0.15) is 5.75 Å². The summed E-state index contributed by atoms with van der Waals surface area (Å²) in [6.07, 6.45) is -1.66. The first-order valence-electron chi connectivity index (χ1n) is 12.9. The minimum Gasteiger partial charge on any atom is -0.507 e. The van der Waals surface area contributed by atoms with Crippen molar-refractivity contribution in [3.05, 3.63) is 65.2 Å². The van der Waals surface area contributed by atoms with E-state index in [1.807, 2.05) is 30.3 Å². The average molecular weight is 567 g/mol. The number of Topliss-reactive ketones (excluding diaryl/α,β-unsaturated/α-hetero) is 4. The van der Waals surface area contributed by atoms with Gasteiger partial charge in [-0.25, -0.2) is 0 Å². The molecule has 2 saturated carbocycles. The van der Waals surface area contributed by atoms with Gasteiger partial charge >= 0.3 is 0 Å². The van der Waals surface area contributed by atoms with Gasteiger partial charge in [0.15, 0.2) is 34.7 Å². The van der Waals surface area contributed by atoms with Crippen LogP contribution in [0.4, 0.5) is 0 Å². The average Bonchev–Trinajstić information content (AvgIpc) is 2.90. The Morgan fingerprint density at radius 2 is 1.70 bits per heavy atom. The zero-order chi connectivity index (χ0) is 29.1. The summed E-state index contributed by atoms with van der Waals surface area (Å²) in [5, 5.41) is 34.3. The van der Waals surface area contributed by atoms with Crippen molar-refractivity contribution in [3.63, 3.8) is 0 Å². The second-order valence-corrected chi connectivity index (χ2v) is 12.0. The van der Waals surface area contributed by atoms with Crippen molar-refractivity contribution in [1.82, 2.24) is 4.90 Å². The summed E-state index contributed by atoms with van der Waals surface area (Å²) in [5.74, 6) is -12.3. The third kappa shape index (κ3) is 4.02. The largest absolute Gasteiger partial charge is 0.507 e. The molecule has 5 rings (SSSR count). The number of rotatable bonds is 6. The number of ketones is 4. The van der Waals surface area contributed by atoms with Crippen LogP contribution in [0.5, 0.6) is 5.75 Å². The molecule has 2 aromatic carbocycles. The Balaban J connectivity index is 1.64. The fraction of sp³-hybridized carbons (Fsp3) is 0.414. The van der Waals surface area contributed by atoms with E-state index < -0.39 is 76.4 Å². The lowest BCUT2D eigenvalue weighted by molar-refractivity contribution is -0.196. The molecule has 5 N–H and O–H groups in total. The van der Waals surface area contributed by atoms with Crippen LogP contribution in [0, 0.1) is 23.7 Å². The summed E-state index contributed by atoms with van der Waals surface area (Å²) in [6.45, 7) is 0. The number of carbonyl (C=O) groups excluding carboxylic acids is 5. The number of aromatic hydroxyl groups is 1. The number of phenols is 1. The van der Waals surface area contributed by atoms with Crippen molar-refractivity contribution in [2.45, 2.75) is 29.4 Å². The molecule has 40 heavy (non-hydrogen) atoms. The molecule has 0 aliphatic heterocycles. The maximum Gasteiger partial charge on any atom is 0.235 e. The number of fused-ring (bicyclic) bond motifs is 3. The second kappa shape index (κ2) is 10.2. The van der Waals surface area contributed by atoms with Crippen LogP contribution in [0.15, 0.2) is 48.5 Å². The van der Waals surface area contributed by atoms with E-state index in [1.54, 1.807) is 12.1 Å². The number of amides is 1. The van der Waals surface area contributed by atoms with E-state index in [0.717, 1.165) is 5.56 Å². The quantitative estimate of drug-likeness (QED) is 0.356. The summed E-state index contributed by atoms with van der Waals surface area (Å²) in [4.78, 5) is 68.2. The lowest BCUT2D eigenvalue weighted by Gasteiger charge is -2.56. The minimum atomic E-state index is -3.01. The van der Waals surface area contributed by atoms with Gasteiger partial charge in [-0.05, 0) is 31.3 Å². The van der Waals surface area contributed by atoms with Crippen LogP contribution in [0.2, 0.25) is 0 Å². The minimum absolute atomic E-state index is 0.105. The smallest absolute Gasteiger partial charge is 0.235 e. The van der Waals surface area contributed by atoms with E-state index in [1.165, 1.54) is 36.8 Å². The zero-order valence-corrected chi connectivity index (χ0v) is 22.7. The van der Waals surface area contributed by atoms with Gasteiger partial charge in [0.25, 0.3) is 0 Å². The molecule has 210 valence electrons.